The lowest BCUT2D eigenvalue weighted by Gasteiger charge is -2.30. The Morgan fingerprint density at radius 3 is 2.90 bits per heavy atom. The smallest absolute Gasteiger partial charge is 0.220 e. The highest BCUT2D eigenvalue weighted by molar-refractivity contribution is 9.10. The second-order valence-electron chi connectivity index (χ2n) is 5.24. The van der Waals surface area contributed by atoms with Crippen LogP contribution in [0, 0.1) is 5.92 Å². The van der Waals surface area contributed by atoms with Crippen molar-refractivity contribution in [3.05, 3.63) is 34.3 Å². The summed E-state index contributed by atoms with van der Waals surface area (Å²) < 4.78 is 1.08. The van der Waals surface area contributed by atoms with Crippen LogP contribution in [0.3, 0.4) is 0 Å². The second-order valence-corrected chi connectivity index (χ2v) is 6.09. The molecule has 5 heteroatoms. The molecule has 1 heterocycles. The van der Waals surface area contributed by atoms with Gasteiger partial charge in [-0.3, -0.25) is 4.79 Å². The fourth-order valence-corrected chi connectivity index (χ4v) is 2.94. The van der Waals surface area contributed by atoms with Crippen molar-refractivity contribution in [1.82, 2.24) is 10.6 Å². The van der Waals surface area contributed by atoms with Gasteiger partial charge in [0.05, 0.1) is 0 Å². The van der Waals surface area contributed by atoms with E-state index in [0.29, 0.717) is 18.4 Å². The third-order valence-corrected chi connectivity index (χ3v) is 4.48. The Labute approximate surface area is 135 Å². The molecule has 1 aromatic carbocycles. The highest BCUT2D eigenvalue weighted by Crippen LogP contribution is 2.17. The maximum atomic E-state index is 12.0. The van der Waals surface area contributed by atoms with E-state index in [1.807, 2.05) is 18.2 Å². The van der Waals surface area contributed by atoms with Gasteiger partial charge in [0.25, 0.3) is 0 Å². The third kappa shape index (κ3) is 5.08. The monoisotopic (exact) mass is 360 g/mol. The molecule has 1 fully saturated rings. The molecule has 0 spiro atoms. The first-order valence-electron chi connectivity index (χ1n) is 6.90. The molecule has 2 atom stereocenters. The average molecular weight is 362 g/mol. The van der Waals surface area contributed by atoms with Crippen molar-refractivity contribution in [2.75, 3.05) is 13.1 Å². The molecule has 0 radical (unpaired) electrons. The molecule has 1 amide bonds. The van der Waals surface area contributed by atoms with Crippen LogP contribution in [0.1, 0.15) is 25.3 Å². The first-order chi connectivity index (χ1) is 9.16. The number of benzene rings is 1. The molecule has 1 saturated heterocycles. The van der Waals surface area contributed by atoms with E-state index in [4.69, 9.17) is 0 Å². The molecular formula is C15H22BrClN2O. The average Bonchev–Trinajstić information content (AvgIpc) is 2.40. The fraction of sp³-hybridized carbons (Fsp3) is 0.533. The number of nitrogens with one attached hydrogen (secondary N) is 2. The van der Waals surface area contributed by atoms with Gasteiger partial charge in [-0.15, -0.1) is 12.4 Å². The first kappa shape index (κ1) is 17.5. The van der Waals surface area contributed by atoms with Crippen LogP contribution in [-0.2, 0) is 11.2 Å². The highest BCUT2D eigenvalue weighted by Gasteiger charge is 2.22. The first-order valence-corrected chi connectivity index (χ1v) is 7.69. The van der Waals surface area contributed by atoms with Crippen molar-refractivity contribution in [3.63, 3.8) is 0 Å². The van der Waals surface area contributed by atoms with Gasteiger partial charge in [-0.05, 0) is 43.5 Å². The Morgan fingerprint density at radius 1 is 1.45 bits per heavy atom. The van der Waals surface area contributed by atoms with Crippen molar-refractivity contribution in [2.45, 2.75) is 32.2 Å². The minimum Gasteiger partial charge on any atom is -0.353 e. The predicted octanol–water partition coefficient (Wildman–Crippen LogP) is 2.92. The van der Waals surface area contributed by atoms with Crippen LogP contribution < -0.4 is 10.6 Å². The van der Waals surface area contributed by atoms with Gasteiger partial charge in [-0.1, -0.05) is 41.1 Å². The summed E-state index contributed by atoms with van der Waals surface area (Å²) in [5, 5.41) is 6.51. The SMILES string of the molecule is CC1CNCCC1NC(=O)CCc1ccccc1Br.Cl. The number of amides is 1. The van der Waals surface area contributed by atoms with E-state index in [-0.39, 0.29) is 18.3 Å². The van der Waals surface area contributed by atoms with Crippen LogP contribution >= 0.6 is 28.3 Å². The summed E-state index contributed by atoms with van der Waals surface area (Å²) in [5.41, 5.74) is 1.19. The molecule has 0 bridgehead atoms. The third-order valence-electron chi connectivity index (χ3n) is 3.71. The number of halogens is 2. The van der Waals surface area contributed by atoms with E-state index in [2.05, 4.69) is 39.6 Å². The minimum atomic E-state index is 0. The lowest BCUT2D eigenvalue weighted by Crippen LogP contribution is -2.48. The lowest BCUT2D eigenvalue weighted by molar-refractivity contribution is -0.122. The van der Waals surface area contributed by atoms with Crippen LogP contribution in [0.5, 0.6) is 0 Å². The fourth-order valence-electron chi connectivity index (χ4n) is 2.46. The molecule has 1 aromatic rings. The number of piperidine rings is 1. The predicted molar refractivity (Wildman–Crippen MR) is 88.3 cm³/mol. The van der Waals surface area contributed by atoms with Crippen LogP contribution in [0.25, 0.3) is 0 Å². The van der Waals surface area contributed by atoms with Gasteiger partial charge in [0, 0.05) is 16.9 Å². The van der Waals surface area contributed by atoms with Crippen LogP contribution in [0.2, 0.25) is 0 Å². The molecule has 1 aliphatic heterocycles. The van der Waals surface area contributed by atoms with Crippen LogP contribution in [0.4, 0.5) is 0 Å². The van der Waals surface area contributed by atoms with E-state index in [9.17, 15) is 4.79 Å². The summed E-state index contributed by atoms with van der Waals surface area (Å²) in [6.45, 7) is 4.18. The van der Waals surface area contributed by atoms with E-state index in [0.717, 1.165) is 30.4 Å². The molecule has 2 N–H and O–H groups in total. The van der Waals surface area contributed by atoms with E-state index in [1.165, 1.54) is 5.56 Å². The number of carbonyl (C=O) groups excluding carboxylic acids is 1. The normalized spacial score (nSPS) is 21.9. The number of hydrogen-bond donors (Lipinski definition) is 2. The molecule has 112 valence electrons. The number of carbonyl (C=O) groups is 1. The molecule has 2 unspecified atom stereocenters. The van der Waals surface area contributed by atoms with Gasteiger partial charge in [0.1, 0.15) is 0 Å². The summed E-state index contributed by atoms with van der Waals surface area (Å²) in [6, 6.07) is 8.40. The molecule has 20 heavy (non-hydrogen) atoms. The Balaban J connectivity index is 0.00000200. The van der Waals surface area contributed by atoms with Crippen molar-refractivity contribution < 1.29 is 4.79 Å². The van der Waals surface area contributed by atoms with Gasteiger partial charge in [-0.2, -0.15) is 0 Å². The van der Waals surface area contributed by atoms with Crippen LogP contribution in [0.15, 0.2) is 28.7 Å². The maximum absolute atomic E-state index is 12.0. The second kappa shape index (κ2) is 8.65. The summed E-state index contributed by atoms with van der Waals surface area (Å²) >= 11 is 3.51. The highest BCUT2D eigenvalue weighted by atomic mass is 79.9. The van der Waals surface area contributed by atoms with Gasteiger partial charge in [0.15, 0.2) is 0 Å². The molecule has 0 aromatic heterocycles. The Kier molecular flexibility index (Phi) is 7.56. The number of hydrogen-bond acceptors (Lipinski definition) is 2. The van der Waals surface area contributed by atoms with Crippen molar-refractivity contribution in [1.29, 1.82) is 0 Å². The van der Waals surface area contributed by atoms with Gasteiger partial charge in [-0.25, -0.2) is 0 Å². The van der Waals surface area contributed by atoms with Crippen LogP contribution in [-0.4, -0.2) is 25.0 Å². The van der Waals surface area contributed by atoms with Crippen molar-refractivity contribution in [2.24, 2.45) is 5.92 Å². The van der Waals surface area contributed by atoms with Gasteiger partial charge >= 0.3 is 0 Å². The molecule has 0 saturated carbocycles. The molecule has 0 aliphatic carbocycles. The maximum Gasteiger partial charge on any atom is 0.220 e. The quantitative estimate of drug-likeness (QED) is 0.866. The molecule has 3 nitrogen and oxygen atoms in total. The summed E-state index contributed by atoms with van der Waals surface area (Å²) in [7, 11) is 0. The van der Waals surface area contributed by atoms with Gasteiger partial charge in [0.2, 0.25) is 5.91 Å². The van der Waals surface area contributed by atoms with E-state index < -0.39 is 0 Å². The Hall–Kier alpha value is -0.580. The number of rotatable bonds is 4. The van der Waals surface area contributed by atoms with Crippen molar-refractivity contribution >= 4 is 34.2 Å². The zero-order chi connectivity index (χ0) is 13.7. The summed E-state index contributed by atoms with van der Waals surface area (Å²) in [5.74, 6) is 0.677. The molecular weight excluding hydrogens is 340 g/mol. The van der Waals surface area contributed by atoms with Gasteiger partial charge < -0.3 is 10.6 Å². The van der Waals surface area contributed by atoms with E-state index in [1.54, 1.807) is 0 Å². The topological polar surface area (TPSA) is 41.1 Å². The zero-order valence-corrected chi connectivity index (χ0v) is 14.1. The standard InChI is InChI=1S/C15H21BrN2O.ClH/c1-11-10-17-9-8-14(11)18-15(19)7-6-12-4-2-3-5-13(12)16;/h2-5,11,14,17H,6-10H2,1H3,(H,18,19);1H. The van der Waals surface area contributed by atoms with Crippen molar-refractivity contribution in [3.8, 4) is 0 Å². The molecule has 1 aliphatic rings. The lowest BCUT2D eigenvalue weighted by atomic mass is 9.95. The zero-order valence-electron chi connectivity index (χ0n) is 11.7. The van der Waals surface area contributed by atoms with E-state index >= 15 is 0 Å². The largest absolute Gasteiger partial charge is 0.353 e. The number of aryl methyl sites for hydroxylation is 1. The Bertz CT molecular complexity index is 442. The summed E-state index contributed by atoms with van der Waals surface area (Å²) in [6.07, 6.45) is 2.37. The Morgan fingerprint density at radius 2 is 2.20 bits per heavy atom. The minimum absolute atomic E-state index is 0. The molecule has 2 rings (SSSR count). The summed E-state index contributed by atoms with van der Waals surface area (Å²) in [4.78, 5) is 12.0.